The van der Waals surface area contributed by atoms with Crippen molar-refractivity contribution in [3.8, 4) is 5.75 Å². The van der Waals surface area contributed by atoms with Crippen molar-refractivity contribution in [2.45, 2.75) is 13.0 Å². The van der Waals surface area contributed by atoms with Crippen LogP contribution in [-0.4, -0.2) is 29.6 Å². The zero-order chi connectivity index (χ0) is 11.5. The minimum Gasteiger partial charge on any atom is -0.508 e. The molecule has 2 rings (SSSR count). The predicted octanol–water partition coefficient (Wildman–Crippen LogP) is 1.83. The van der Waals surface area contributed by atoms with Crippen LogP contribution in [0.25, 0.3) is 0 Å². The summed E-state index contributed by atoms with van der Waals surface area (Å²) in [7, 11) is 0. The number of rotatable bonds is 3. The van der Waals surface area contributed by atoms with E-state index in [4.69, 9.17) is 17.3 Å². The second-order valence-corrected chi connectivity index (χ2v) is 4.77. The van der Waals surface area contributed by atoms with E-state index in [-0.39, 0.29) is 5.75 Å². The minimum atomic E-state index is 0.281. The SMILES string of the molecule is NCC1CCN(Cc2c(O)cccc2Cl)C1. The molecular weight excluding hydrogens is 224 g/mol. The molecule has 3 nitrogen and oxygen atoms in total. The number of hydrogen-bond donors (Lipinski definition) is 2. The third kappa shape index (κ3) is 2.48. The lowest BCUT2D eigenvalue weighted by atomic mass is 10.1. The standard InChI is InChI=1S/C12H17ClN2O/c13-11-2-1-3-12(16)10(11)8-15-5-4-9(6-14)7-15/h1-3,9,16H,4-8,14H2. The Bertz CT molecular complexity index is 350. The second kappa shape index (κ2) is 5.04. The van der Waals surface area contributed by atoms with Crippen molar-refractivity contribution < 1.29 is 5.11 Å². The van der Waals surface area contributed by atoms with Crippen molar-refractivity contribution in [2.75, 3.05) is 19.6 Å². The number of phenols is 1. The first-order valence-electron chi connectivity index (χ1n) is 5.59. The van der Waals surface area contributed by atoms with Crippen molar-refractivity contribution in [2.24, 2.45) is 11.7 Å². The summed E-state index contributed by atoms with van der Waals surface area (Å²) in [5, 5.41) is 10.4. The summed E-state index contributed by atoms with van der Waals surface area (Å²) in [6.45, 7) is 3.49. The van der Waals surface area contributed by atoms with Crippen LogP contribution in [0.3, 0.4) is 0 Å². The topological polar surface area (TPSA) is 49.5 Å². The summed E-state index contributed by atoms with van der Waals surface area (Å²) in [4.78, 5) is 2.29. The summed E-state index contributed by atoms with van der Waals surface area (Å²) in [5.41, 5.74) is 6.47. The molecule has 1 unspecified atom stereocenters. The van der Waals surface area contributed by atoms with Crippen LogP contribution in [0.15, 0.2) is 18.2 Å². The molecule has 1 aliphatic rings. The zero-order valence-electron chi connectivity index (χ0n) is 9.19. The Morgan fingerprint density at radius 3 is 2.94 bits per heavy atom. The number of benzene rings is 1. The molecule has 0 spiro atoms. The van der Waals surface area contributed by atoms with E-state index in [1.54, 1.807) is 12.1 Å². The van der Waals surface area contributed by atoms with Crippen LogP contribution in [0, 0.1) is 5.92 Å². The van der Waals surface area contributed by atoms with Crippen molar-refractivity contribution in [3.05, 3.63) is 28.8 Å². The van der Waals surface area contributed by atoms with Gasteiger partial charge in [0.1, 0.15) is 5.75 Å². The third-order valence-electron chi connectivity index (χ3n) is 3.18. The number of aromatic hydroxyl groups is 1. The molecule has 0 aromatic heterocycles. The fraction of sp³-hybridized carbons (Fsp3) is 0.500. The molecule has 1 atom stereocenters. The molecule has 1 aromatic rings. The number of nitrogens with zero attached hydrogens (tertiary/aromatic N) is 1. The van der Waals surface area contributed by atoms with Crippen LogP contribution in [0.2, 0.25) is 5.02 Å². The third-order valence-corrected chi connectivity index (χ3v) is 3.53. The average Bonchev–Trinajstić information content (AvgIpc) is 2.71. The van der Waals surface area contributed by atoms with E-state index in [9.17, 15) is 5.11 Å². The predicted molar refractivity (Wildman–Crippen MR) is 65.6 cm³/mol. The lowest BCUT2D eigenvalue weighted by Crippen LogP contribution is -2.22. The zero-order valence-corrected chi connectivity index (χ0v) is 9.95. The number of nitrogens with two attached hydrogens (primary N) is 1. The monoisotopic (exact) mass is 240 g/mol. The van der Waals surface area contributed by atoms with Crippen LogP contribution in [0.5, 0.6) is 5.75 Å². The molecule has 1 heterocycles. The molecule has 3 N–H and O–H groups in total. The van der Waals surface area contributed by atoms with Gasteiger partial charge in [0.15, 0.2) is 0 Å². The van der Waals surface area contributed by atoms with Gasteiger partial charge in [-0.2, -0.15) is 0 Å². The maximum atomic E-state index is 9.74. The maximum Gasteiger partial charge on any atom is 0.121 e. The van der Waals surface area contributed by atoms with Gasteiger partial charge in [-0.15, -0.1) is 0 Å². The van der Waals surface area contributed by atoms with Crippen LogP contribution in [0.4, 0.5) is 0 Å². The highest BCUT2D eigenvalue weighted by molar-refractivity contribution is 6.31. The van der Waals surface area contributed by atoms with Crippen molar-refractivity contribution >= 4 is 11.6 Å². The Balaban J connectivity index is 2.04. The largest absolute Gasteiger partial charge is 0.508 e. The van der Waals surface area contributed by atoms with Gasteiger partial charge in [0, 0.05) is 23.7 Å². The Labute approximate surface area is 101 Å². The molecule has 1 fully saturated rings. The molecule has 0 radical (unpaired) electrons. The Kier molecular flexibility index (Phi) is 3.69. The summed E-state index contributed by atoms with van der Waals surface area (Å²) in [6, 6.07) is 5.25. The van der Waals surface area contributed by atoms with Crippen LogP contribution in [0.1, 0.15) is 12.0 Å². The average molecular weight is 241 g/mol. The molecular formula is C12H17ClN2O. The molecule has 1 aliphatic heterocycles. The number of hydrogen-bond acceptors (Lipinski definition) is 3. The number of likely N-dealkylation sites (tertiary alicyclic amines) is 1. The Morgan fingerprint density at radius 1 is 1.50 bits per heavy atom. The first-order chi connectivity index (χ1) is 7.70. The number of halogens is 1. The molecule has 1 saturated heterocycles. The fourth-order valence-electron chi connectivity index (χ4n) is 2.18. The van der Waals surface area contributed by atoms with Gasteiger partial charge in [0.2, 0.25) is 0 Å². The van der Waals surface area contributed by atoms with Crippen LogP contribution < -0.4 is 5.73 Å². The summed E-state index contributed by atoms with van der Waals surface area (Å²) in [6.07, 6.45) is 1.14. The van der Waals surface area contributed by atoms with Gasteiger partial charge in [-0.25, -0.2) is 0 Å². The highest BCUT2D eigenvalue weighted by Crippen LogP contribution is 2.28. The van der Waals surface area contributed by atoms with E-state index in [1.165, 1.54) is 0 Å². The van der Waals surface area contributed by atoms with Crippen molar-refractivity contribution in [1.82, 2.24) is 4.90 Å². The minimum absolute atomic E-state index is 0.281. The lowest BCUT2D eigenvalue weighted by molar-refractivity contribution is 0.312. The van der Waals surface area contributed by atoms with E-state index in [1.807, 2.05) is 6.07 Å². The highest BCUT2D eigenvalue weighted by atomic mass is 35.5. The van der Waals surface area contributed by atoms with Gasteiger partial charge in [-0.1, -0.05) is 17.7 Å². The van der Waals surface area contributed by atoms with Gasteiger partial charge < -0.3 is 10.8 Å². The van der Waals surface area contributed by atoms with E-state index in [2.05, 4.69) is 4.90 Å². The Hall–Kier alpha value is -0.770. The molecule has 1 aromatic carbocycles. The van der Waals surface area contributed by atoms with Gasteiger partial charge >= 0.3 is 0 Å². The second-order valence-electron chi connectivity index (χ2n) is 4.36. The summed E-state index contributed by atoms with van der Waals surface area (Å²) >= 11 is 6.07. The normalized spacial score (nSPS) is 21.5. The van der Waals surface area contributed by atoms with Crippen LogP contribution in [-0.2, 0) is 6.54 Å². The maximum absolute atomic E-state index is 9.74. The van der Waals surface area contributed by atoms with Crippen LogP contribution >= 0.6 is 11.6 Å². The molecule has 0 aliphatic carbocycles. The van der Waals surface area contributed by atoms with E-state index in [0.29, 0.717) is 17.5 Å². The van der Waals surface area contributed by atoms with E-state index < -0.39 is 0 Å². The van der Waals surface area contributed by atoms with Crippen molar-refractivity contribution in [3.63, 3.8) is 0 Å². The van der Waals surface area contributed by atoms with Gasteiger partial charge in [0.05, 0.1) is 0 Å². The van der Waals surface area contributed by atoms with Gasteiger partial charge in [-0.3, -0.25) is 4.90 Å². The quantitative estimate of drug-likeness (QED) is 0.848. The fourth-order valence-corrected chi connectivity index (χ4v) is 2.41. The summed E-state index contributed by atoms with van der Waals surface area (Å²) < 4.78 is 0. The smallest absolute Gasteiger partial charge is 0.121 e. The molecule has 0 amide bonds. The molecule has 4 heteroatoms. The molecule has 0 bridgehead atoms. The first-order valence-corrected chi connectivity index (χ1v) is 5.97. The number of phenolic OH excluding ortho intramolecular Hbond substituents is 1. The van der Waals surface area contributed by atoms with Gasteiger partial charge in [-0.05, 0) is 37.6 Å². The lowest BCUT2D eigenvalue weighted by Gasteiger charge is -2.17. The molecule has 0 saturated carbocycles. The Morgan fingerprint density at radius 2 is 2.31 bits per heavy atom. The first kappa shape index (κ1) is 11.7. The highest BCUT2D eigenvalue weighted by Gasteiger charge is 2.22. The van der Waals surface area contributed by atoms with E-state index >= 15 is 0 Å². The molecule has 16 heavy (non-hydrogen) atoms. The van der Waals surface area contributed by atoms with Crippen molar-refractivity contribution in [1.29, 1.82) is 0 Å². The van der Waals surface area contributed by atoms with Gasteiger partial charge in [0.25, 0.3) is 0 Å². The summed E-state index contributed by atoms with van der Waals surface area (Å²) in [5.74, 6) is 0.869. The molecule has 88 valence electrons. The van der Waals surface area contributed by atoms with E-state index in [0.717, 1.165) is 31.6 Å².